The van der Waals surface area contributed by atoms with Gasteiger partial charge < -0.3 is 14.5 Å². The van der Waals surface area contributed by atoms with Gasteiger partial charge in [0, 0.05) is 16.0 Å². The largest absolute Gasteiger partial charge is 0.464 e. The minimum absolute atomic E-state index is 0.205. The number of nitrogens with one attached hydrogen (secondary N) is 1. The molecule has 7 heteroatoms. The summed E-state index contributed by atoms with van der Waals surface area (Å²) in [6, 6.07) is 12.6. The Kier molecular flexibility index (Phi) is 7.45. The second-order valence-corrected chi connectivity index (χ2v) is 8.26. The monoisotopic (exact) mass is 445 g/mol. The molecule has 1 N–H and O–H groups in total. The number of rotatable bonds is 8. The van der Waals surface area contributed by atoms with Gasteiger partial charge in [-0.05, 0) is 61.6 Å². The van der Waals surface area contributed by atoms with Gasteiger partial charge in [-0.2, -0.15) is 11.8 Å². The lowest BCUT2D eigenvalue weighted by molar-refractivity contribution is -0.145. The number of hydrogen-bond donors (Lipinski definition) is 1. The quantitative estimate of drug-likeness (QED) is 0.465. The molecule has 0 aliphatic carbocycles. The lowest BCUT2D eigenvalue weighted by Gasteiger charge is -2.16. The second-order valence-electron chi connectivity index (χ2n) is 6.83. The number of aryl methyl sites for hydroxylation is 1. The predicted molar refractivity (Wildman–Crippen MR) is 122 cm³/mol. The highest BCUT2D eigenvalue weighted by molar-refractivity contribution is 7.98. The van der Waals surface area contributed by atoms with Gasteiger partial charge in [0.25, 0.3) is 5.91 Å². The van der Waals surface area contributed by atoms with Crippen LogP contribution in [-0.2, 0) is 9.53 Å². The number of hydrogen-bond acceptors (Lipinski definition) is 5. The highest BCUT2D eigenvalue weighted by Crippen LogP contribution is 2.30. The van der Waals surface area contributed by atoms with E-state index < -0.39 is 17.9 Å². The van der Waals surface area contributed by atoms with Crippen LogP contribution in [0.5, 0.6) is 0 Å². The van der Waals surface area contributed by atoms with Gasteiger partial charge in [0.2, 0.25) is 0 Å². The normalized spacial score (nSPS) is 12.0. The molecule has 1 amide bonds. The van der Waals surface area contributed by atoms with Crippen molar-refractivity contribution in [3.8, 4) is 11.1 Å². The summed E-state index contributed by atoms with van der Waals surface area (Å²) < 4.78 is 11.0. The van der Waals surface area contributed by atoms with Gasteiger partial charge in [0.15, 0.2) is 5.76 Å². The molecule has 0 saturated heterocycles. The molecule has 1 heterocycles. The molecule has 0 aliphatic heterocycles. The van der Waals surface area contributed by atoms with Crippen molar-refractivity contribution in [3.63, 3.8) is 0 Å². The van der Waals surface area contributed by atoms with Crippen LogP contribution in [-0.4, -0.2) is 36.5 Å². The molecule has 0 bridgehead atoms. The summed E-state index contributed by atoms with van der Waals surface area (Å²) in [5.41, 5.74) is 3.31. The van der Waals surface area contributed by atoms with Crippen LogP contribution in [0, 0.1) is 6.92 Å². The van der Waals surface area contributed by atoms with Crippen molar-refractivity contribution < 1.29 is 18.7 Å². The minimum atomic E-state index is -0.706. The molecule has 1 atom stereocenters. The molecular weight excluding hydrogens is 422 g/mol. The van der Waals surface area contributed by atoms with Gasteiger partial charge >= 0.3 is 5.97 Å². The first-order chi connectivity index (χ1) is 14.4. The SMILES string of the molecule is CCOC(=O)[C@H](CCSC)NC(=O)c1oc2cc(-c3ccc(Cl)cc3)ccc2c1C. The topological polar surface area (TPSA) is 68.5 Å². The van der Waals surface area contributed by atoms with Crippen LogP contribution < -0.4 is 5.32 Å². The third-order valence-corrected chi connectivity index (χ3v) is 5.71. The van der Waals surface area contributed by atoms with Crippen LogP contribution in [0.25, 0.3) is 22.1 Å². The summed E-state index contributed by atoms with van der Waals surface area (Å²) in [6.45, 7) is 3.85. The molecule has 158 valence electrons. The van der Waals surface area contributed by atoms with Crippen molar-refractivity contribution >= 4 is 46.2 Å². The average molecular weight is 446 g/mol. The summed E-state index contributed by atoms with van der Waals surface area (Å²) in [7, 11) is 0. The highest BCUT2D eigenvalue weighted by Gasteiger charge is 2.25. The van der Waals surface area contributed by atoms with Gasteiger partial charge in [0.1, 0.15) is 11.6 Å². The van der Waals surface area contributed by atoms with Gasteiger partial charge in [-0.1, -0.05) is 35.9 Å². The van der Waals surface area contributed by atoms with E-state index in [1.165, 1.54) is 0 Å². The zero-order chi connectivity index (χ0) is 21.7. The maximum Gasteiger partial charge on any atom is 0.328 e. The Hall–Kier alpha value is -2.44. The van der Waals surface area contributed by atoms with Crippen molar-refractivity contribution in [2.24, 2.45) is 0 Å². The lowest BCUT2D eigenvalue weighted by Crippen LogP contribution is -2.42. The third-order valence-electron chi connectivity index (χ3n) is 4.81. The molecule has 0 fully saturated rings. The zero-order valence-corrected chi connectivity index (χ0v) is 18.7. The Morgan fingerprint density at radius 1 is 1.17 bits per heavy atom. The number of carbonyl (C=O) groups is 2. The maximum atomic E-state index is 12.9. The summed E-state index contributed by atoms with van der Waals surface area (Å²) in [6.07, 6.45) is 2.44. The van der Waals surface area contributed by atoms with Crippen LogP contribution >= 0.6 is 23.4 Å². The van der Waals surface area contributed by atoms with E-state index in [0.29, 0.717) is 17.0 Å². The van der Waals surface area contributed by atoms with Crippen LogP contribution in [0.3, 0.4) is 0 Å². The maximum absolute atomic E-state index is 12.9. The Morgan fingerprint density at radius 2 is 1.87 bits per heavy atom. The van der Waals surface area contributed by atoms with E-state index in [1.54, 1.807) is 18.7 Å². The number of carbonyl (C=O) groups excluding carboxylic acids is 2. The van der Waals surface area contributed by atoms with Crippen LogP contribution in [0.2, 0.25) is 5.02 Å². The van der Waals surface area contributed by atoms with Crippen LogP contribution in [0.15, 0.2) is 46.9 Å². The third kappa shape index (κ3) is 4.99. The molecule has 0 unspecified atom stereocenters. The van der Waals surface area contributed by atoms with Gasteiger partial charge in [-0.3, -0.25) is 4.79 Å². The van der Waals surface area contributed by atoms with E-state index in [-0.39, 0.29) is 12.4 Å². The summed E-state index contributed by atoms with van der Waals surface area (Å²) in [4.78, 5) is 25.1. The van der Waals surface area contributed by atoms with Crippen molar-refractivity contribution in [1.82, 2.24) is 5.32 Å². The summed E-state index contributed by atoms with van der Waals surface area (Å²) in [5, 5.41) is 4.30. The summed E-state index contributed by atoms with van der Waals surface area (Å²) in [5.74, 6) is 0.0825. The summed E-state index contributed by atoms with van der Waals surface area (Å²) >= 11 is 7.58. The van der Waals surface area contributed by atoms with E-state index in [0.717, 1.165) is 27.8 Å². The van der Waals surface area contributed by atoms with Crippen molar-refractivity contribution in [2.45, 2.75) is 26.3 Å². The Bertz CT molecular complexity index is 1050. The number of benzene rings is 2. The minimum Gasteiger partial charge on any atom is -0.464 e. The standard InChI is InChI=1S/C23H24ClNO4S/c1-4-28-23(27)19(11-12-30-3)25-22(26)21-14(2)18-10-7-16(13-20(18)29-21)15-5-8-17(24)9-6-15/h5-10,13,19H,4,11-12H2,1-3H3,(H,25,26)/t19-/m0/s1. The zero-order valence-electron chi connectivity index (χ0n) is 17.2. The fraction of sp³-hybridized carbons (Fsp3) is 0.304. The van der Waals surface area contributed by atoms with E-state index in [2.05, 4.69) is 5.32 Å². The van der Waals surface area contributed by atoms with E-state index in [9.17, 15) is 9.59 Å². The second kappa shape index (κ2) is 10.0. The highest BCUT2D eigenvalue weighted by atomic mass is 35.5. The number of amides is 1. The lowest BCUT2D eigenvalue weighted by atomic mass is 10.0. The van der Waals surface area contributed by atoms with Gasteiger partial charge in [-0.15, -0.1) is 0 Å². The number of fused-ring (bicyclic) bond motifs is 1. The van der Waals surface area contributed by atoms with E-state index in [4.69, 9.17) is 20.8 Å². The Labute approximate surface area is 185 Å². The molecule has 2 aromatic carbocycles. The van der Waals surface area contributed by atoms with Gasteiger partial charge in [-0.25, -0.2) is 4.79 Å². The fourth-order valence-corrected chi connectivity index (χ4v) is 3.81. The van der Waals surface area contributed by atoms with Crippen molar-refractivity contribution in [1.29, 1.82) is 0 Å². The van der Waals surface area contributed by atoms with Crippen molar-refractivity contribution in [3.05, 3.63) is 58.8 Å². The smallest absolute Gasteiger partial charge is 0.328 e. The average Bonchev–Trinajstić information content (AvgIpc) is 3.07. The fourth-order valence-electron chi connectivity index (χ4n) is 3.22. The molecule has 3 aromatic rings. The van der Waals surface area contributed by atoms with E-state index >= 15 is 0 Å². The molecule has 3 rings (SSSR count). The predicted octanol–water partition coefficient (Wildman–Crippen LogP) is 5.48. The molecule has 5 nitrogen and oxygen atoms in total. The molecule has 0 radical (unpaired) electrons. The number of esters is 1. The number of halogens is 1. The number of ether oxygens (including phenoxy) is 1. The first-order valence-electron chi connectivity index (χ1n) is 9.70. The molecule has 0 aliphatic rings. The molecular formula is C23H24ClNO4S. The molecule has 0 saturated carbocycles. The molecule has 30 heavy (non-hydrogen) atoms. The van der Waals surface area contributed by atoms with Gasteiger partial charge in [0.05, 0.1) is 6.61 Å². The van der Waals surface area contributed by atoms with Crippen LogP contribution in [0.4, 0.5) is 0 Å². The van der Waals surface area contributed by atoms with Crippen molar-refractivity contribution in [2.75, 3.05) is 18.6 Å². The number of furan rings is 1. The molecule has 1 aromatic heterocycles. The van der Waals surface area contributed by atoms with Crippen LogP contribution in [0.1, 0.15) is 29.5 Å². The first-order valence-corrected chi connectivity index (χ1v) is 11.5. The Balaban J connectivity index is 1.87. The Morgan fingerprint density at radius 3 is 2.53 bits per heavy atom. The first kappa shape index (κ1) is 22.2. The van der Waals surface area contributed by atoms with E-state index in [1.807, 2.05) is 55.6 Å². The molecule has 0 spiro atoms. The number of thioether (sulfide) groups is 1.